The van der Waals surface area contributed by atoms with Gasteiger partial charge in [0.15, 0.2) is 0 Å². The van der Waals surface area contributed by atoms with E-state index in [2.05, 4.69) is 17.0 Å². The van der Waals surface area contributed by atoms with Gasteiger partial charge in [0.05, 0.1) is 4.90 Å². The third-order valence-electron chi connectivity index (χ3n) is 6.07. The minimum atomic E-state index is -3.64. The Bertz CT molecular complexity index is 1060. The van der Waals surface area contributed by atoms with E-state index in [1.807, 2.05) is 19.1 Å². The molecule has 1 aliphatic rings. The van der Waals surface area contributed by atoms with E-state index in [0.717, 1.165) is 24.2 Å². The predicted molar refractivity (Wildman–Crippen MR) is 125 cm³/mol. The molecule has 0 N–H and O–H groups in total. The van der Waals surface area contributed by atoms with Crippen molar-refractivity contribution < 1.29 is 13.2 Å². The Hall–Kier alpha value is -2.38. The minimum absolute atomic E-state index is 0.183. The SMILES string of the molecule is Cc1cc(C(=O)N(C)Cc2ccccc2N2CCCCC2)cc(S(=O)(=O)N(C)C)c1C. The van der Waals surface area contributed by atoms with E-state index in [1.54, 1.807) is 24.9 Å². The van der Waals surface area contributed by atoms with Crippen LogP contribution >= 0.6 is 0 Å². The Balaban J connectivity index is 1.89. The Morgan fingerprint density at radius 3 is 2.29 bits per heavy atom. The van der Waals surface area contributed by atoms with E-state index in [0.29, 0.717) is 17.7 Å². The van der Waals surface area contributed by atoms with Crippen LogP contribution in [-0.4, -0.2) is 57.8 Å². The smallest absolute Gasteiger partial charge is 0.253 e. The van der Waals surface area contributed by atoms with Gasteiger partial charge in [0.1, 0.15) is 0 Å². The van der Waals surface area contributed by atoms with E-state index >= 15 is 0 Å². The van der Waals surface area contributed by atoms with Gasteiger partial charge in [-0.15, -0.1) is 0 Å². The molecule has 1 heterocycles. The normalized spacial score (nSPS) is 14.7. The number of hydrogen-bond acceptors (Lipinski definition) is 4. The quantitative estimate of drug-likeness (QED) is 0.681. The zero-order valence-corrected chi connectivity index (χ0v) is 20.0. The van der Waals surface area contributed by atoms with E-state index in [9.17, 15) is 13.2 Å². The van der Waals surface area contributed by atoms with Crippen molar-refractivity contribution in [1.82, 2.24) is 9.21 Å². The number of hydrogen-bond donors (Lipinski definition) is 0. The maximum Gasteiger partial charge on any atom is 0.253 e. The second kappa shape index (κ2) is 9.40. The molecule has 0 spiro atoms. The summed E-state index contributed by atoms with van der Waals surface area (Å²) in [7, 11) is 1.14. The van der Waals surface area contributed by atoms with Crippen molar-refractivity contribution >= 4 is 21.6 Å². The van der Waals surface area contributed by atoms with Gasteiger partial charge in [-0.2, -0.15) is 0 Å². The highest BCUT2D eigenvalue weighted by Gasteiger charge is 2.24. The molecular formula is C24H33N3O3S. The van der Waals surface area contributed by atoms with Gasteiger partial charge >= 0.3 is 0 Å². The number of benzene rings is 2. The lowest BCUT2D eigenvalue weighted by atomic mass is 10.0. The van der Waals surface area contributed by atoms with E-state index in [1.165, 1.54) is 49.4 Å². The average molecular weight is 444 g/mol. The largest absolute Gasteiger partial charge is 0.371 e. The van der Waals surface area contributed by atoms with Crippen LogP contribution in [0.2, 0.25) is 0 Å². The summed E-state index contributed by atoms with van der Waals surface area (Å²) in [6, 6.07) is 11.5. The molecule has 0 atom stereocenters. The molecule has 1 amide bonds. The van der Waals surface area contributed by atoms with Gasteiger partial charge in [-0.3, -0.25) is 4.79 Å². The van der Waals surface area contributed by atoms with Crippen LogP contribution in [0.25, 0.3) is 0 Å². The van der Waals surface area contributed by atoms with Crippen LogP contribution in [0.4, 0.5) is 5.69 Å². The first-order valence-corrected chi connectivity index (χ1v) is 12.2. The highest BCUT2D eigenvalue weighted by molar-refractivity contribution is 7.89. The van der Waals surface area contributed by atoms with E-state index in [4.69, 9.17) is 0 Å². The third kappa shape index (κ3) is 4.93. The van der Waals surface area contributed by atoms with Crippen molar-refractivity contribution in [2.45, 2.75) is 44.6 Å². The Labute approximate surface area is 186 Å². The molecule has 2 aromatic rings. The summed E-state index contributed by atoms with van der Waals surface area (Å²) >= 11 is 0. The lowest BCUT2D eigenvalue weighted by molar-refractivity contribution is 0.0785. The van der Waals surface area contributed by atoms with E-state index in [-0.39, 0.29) is 10.8 Å². The van der Waals surface area contributed by atoms with Crippen molar-refractivity contribution in [3.8, 4) is 0 Å². The van der Waals surface area contributed by atoms with Crippen molar-refractivity contribution in [3.05, 3.63) is 58.7 Å². The fraction of sp³-hybridized carbons (Fsp3) is 0.458. The monoisotopic (exact) mass is 443 g/mol. The number of sulfonamides is 1. The van der Waals surface area contributed by atoms with Crippen molar-refractivity contribution in [2.24, 2.45) is 0 Å². The van der Waals surface area contributed by atoms with Gasteiger partial charge in [-0.05, 0) is 68.0 Å². The number of aryl methyl sites for hydroxylation is 1. The number of anilines is 1. The summed E-state index contributed by atoms with van der Waals surface area (Å²) in [5.41, 5.74) is 4.13. The first-order chi connectivity index (χ1) is 14.6. The molecule has 1 aliphatic heterocycles. The summed E-state index contributed by atoms with van der Waals surface area (Å²) in [5.74, 6) is -0.188. The molecule has 0 aromatic heterocycles. The fourth-order valence-corrected chi connectivity index (χ4v) is 5.27. The van der Waals surface area contributed by atoms with Gasteiger partial charge in [-0.25, -0.2) is 12.7 Å². The van der Waals surface area contributed by atoms with Crippen molar-refractivity contribution in [1.29, 1.82) is 0 Å². The highest BCUT2D eigenvalue weighted by atomic mass is 32.2. The second-order valence-electron chi connectivity index (χ2n) is 8.54. The molecule has 0 bridgehead atoms. The number of piperidine rings is 1. The molecule has 31 heavy (non-hydrogen) atoms. The summed E-state index contributed by atoms with van der Waals surface area (Å²) in [6.07, 6.45) is 3.64. The summed E-state index contributed by atoms with van der Waals surface area (Å²) in [6.45, 7) is 6.16. The van der Waals surface area contributed by atoms with E-state index < -0.39 is 10.0 Å². The molecule has 6 nitrogen and oxygen atoms in total. The van der Waals surface area contributed by atoms with Gasteiger partial charge in [-0.1, -0.05) is 18.2 Å². The molecule has 7 heteroatoms. The third-order valence-corrected chi connectivity index (χ3v) is 8.01. The Kier molecular flexibility index (Phi) is 7.06. The topological polar surface area (TPSA) is 60.9 Å². The fourth-order valence-electron chi connectivity index (χ4n) is 4.05. The molecule has 1 saturated heterocycles. The maximum atomic E-state index is 13.3. The van der Waals surface area contributed by atoms with Crippen molar-refractivity contribution in [2.75, 3.05) is 39.1 Å². The van der Waals surface area contributed by atoms with Crippen LogP contribution in [0.15, 0.2) is 41.3 Å². The number of para-hydroxylation sites is 1. The van der Waals surface area contributed by atoms with Gasteiger partial charge in [0, 0.05) is 52.0 Å². The van der Waals surface area contributed by atoms with Gasteiger partial charge in [0.25, 0.3) is 5.91 Å². The molecule has 3 rings (SSSR count). The molecule has 0 aliphatic carbocycles. The summed E-state index contributed by atoms with van der Waals surface area (Å²) in [4.78, 5) is 17.5. The first kappa shape index (κ1) is 23.3. The molecule has 2 aromatic carbocycles. The standard InChI is InChI=1S/C24H33N3O3S/c1-18-15-21(16-23(19(18)2)31(29,30)25(3)4)24(28)26(5)17-20-11-7-8-12-22(20)27-13-9-6-10-14-27/h7-8,11-12,15-16H,6,9-10,13-14,17H2,1-5H3. The molecular weight excluding hydrogens is 410 g/mol. The lowest BCUT2D eigenvalue weighted by Gasteiger charge is -2.31. The zero-order valence-electron chi connectivity index (χ0n) is 19.2. The molecule has 1 fully saturated rings. The summed E-state index contributed by atoms with van der Waals surface area (Å²) in [5, 5.41) is 0. The second-order valence-corrected chi connectivity index (χ2v) is 10.7. The average Bonchev–Trinajstić information content (AvgIpc) is 2.75. The zero-order chi connectivity index (χ0) is 22.8. The molecule has 0 radical (unpaired) electrons. The van der Waals surface area contributed by atoms with Gasteiger partial charge < -0.3 is 9.80 Å². The number of carbonyl (C=O) groups is 1. The van der Waals surface area contributed by atoms with Crippen LogP contribution in [0.5, 0.6) is 0 Å². The Morgan fingerprint density at radius 2 is 1.65 bits per heavy atom. The number of amides is 1. The first-order valence-electron chi connectivity index (χ1n) is 10.7. The minimum Gasteiger partial charge on any atom is -0.371 e. The number of nitrogens with zero attached hydrogens (tertiary/aromatic N) is 3. The van der Waals surface area contributed by atoms with Crippen LogP contribution < -0.4 is 4.90 Å². The van der Waals surface area contributed by atoms with Gasteiger partial charge in [0.2, 0.25) is 10.0 Å². The summed E-state index contributed by atoms with van der Waals surface area (Å²) < 4.78 is 26.7. The van der Waals surface area contributed by atoms with Crippen LogP contribution in [-0.2, 0) is 16.6 Å². The predicted octanol–water partition coefficient (Wildman–Crippen LogP) is 3.82. The highest BCUT2D eigenvalue weighted by Crippen LogP contribution is 2.27. The Morgan fingerprint density at radius 1 is 1.00 bits per heavy atom. The maximum absolute atomic E-state index is 13.3. The number of carbonyl (C=O) groups excluding carboxylic acids is 1. The van der Waals surface area contributed by atoms with Crippen LogP contribution in [0.1, 0.15) is 46.3 Å². The molecule has 0 saturated carbocycles. The van der Waals surface area contributed by atoms with Crippen LogP contribution in [0, 0.1) is 13.8 Å². The van der Waals surface area contributed by atoms with Crippen LogP contribution in [0.3, 0.4) is 0 Å². The number of rotatable bonds is 6. The lowest BCUT2D eigenvalue weighted by Crippen LogP contribution is -2.32. The van der Waals surface area contributed by atoms with Crippen molar-refractivity contribution in [3.63, 3.8) is 0 Å². The molecule has 0 unspecified atom stereocenters. The molecule has 168 valence electrons.